The quantitative estimate of drug-likeness (QED) is 0.0456. The fourth-order valence-electron chi connectivity index (χ4n) is 10.2. The number of hydrogen-bond acceptors (Lipinski definition) is 13. The molecule has 2 heterocycles. The normalized spacial score (nSPS) is 16.7. The number of likely N-dealkylation sites (N-methyl/N-ethyl adjacent to an activating group) is 1. The lowest BCUT2D eigenvalue weighted by Gasteiger charge is -2.38. The largest absolute Gasteiger partial charge is 0.448 e. The Labute approximate surface area is 489 Å². The number of likely N-dealkylation sites (tertiary alicyclic amines) is 1. The van der Waals surface area contributed by atoms with Crippen LogP contribution in [-0.4, -0.2) is 172 Å². The van der Waals surface area contributed by atoms with Gasteiger partial charge < -0.3 is 56.8 Å². The second-order valence-electron chi connectivity index (χ2n) is 25.4. The predicted octanol–water partition coefficient (Wildman–Crippen LogP) is 3.83. The van der Waals surface area contributed by atoms with E-state index in [4.69, 9.17) is 4.42 Å². The number of hydrogen-bond donors (Lipinski definition) is 8. The van der Waals surface area contributed by atoms with E-state index in [0.717, 1.165) is 32.1 Å². The Balaban J connectivity index is 1.74. The van der Waals surface area contributed by atoms with Gasteiger partial charge in [-0.15, -0.1) is 0 Å². The van der Waals surface area contributed by atoms with Crippen LogP contribution >= 0.6 is 0 Å². The van der Waals surface area contributed by atoms with Crippen LogP contribution in [0.15, 0.2) is 10.7 Å². The zero-order valence-corrected chi connectivity index (χ0v) is 51.7. The number of alkyl halides is 2. The van der Waals surface area contributed by atoms with Gasteiger partial charge in [-0.2, -0.15) is 0 Å². The molecule has 1 aliphatic carbocycles. The Morgan fingerprint density at radius 2 is 1.22 bits per heavy atom. The van der Waals surface area contributed by atoms with Crippen LogP contribution in [0.5, 0.6) is 0 Å². The summed E-state index contributed by atoms with van der Waals surface area (Å²) in [5, 5.41) is 21.8. The van der Waals surface area contributed by atoms with Gasteiger partial charge in [-0.1, -0.05) is 73.6 Å². The first-order valence-corrected chi connectivity index (χ1v) is 29.5. The molecule has 1 saturated heterocycles. The van der Waals surface area contributed by atoms with Crippen molar-refractivity contribution in [3.63, 3.8) is 0 Å². The second kappa shape index (κ2) is 32.7. The van der Waals surface area contributed by atoms with Gasteiger partial charge in [0.1, 0.15) is 53.2 Å². The van der Waals surface area contributed by atoms with Crippen molar-refractivity contribution in [3.8, 4) is 0 Å². The molecule has 1 aliphatic heterocycles. The van der Waals surface area contributed by atoms with Crippen LogP contribution in [0, 0.1) is 30.6 Å². The van der Waals surface area contributed by atoms with Gasteiger partial charge >= 0.3 is 0 Å². The summed E-state index contributed by atoms with van der Waals surface area (Å²) in [4.78, 5) is 146. The molecule has 83 heavy (non-hydrogen) atoms. The molecule has 8 N–H and O–H groups in total. The summed E-state index contributed by atoms with van der Waals surface area (Å²) in [5.41, 5.74) is -4.73. The maximum Gasteiger partial charge on any atom is 0.277 e. The van der Waals surface area contributed by atoms with E-state index in [1.165, 1.54) is 69.6 Å². The fraction of sp³-hybridized carbons (Fsp3) is 0.776. The minimum absolute atomic E-state index is 0.0834. The van der Waals surface area contributed by atoms with Crippen LogP contribution in [0.25, 0.3) is 0 Å². The molecule has 470 valence electrons. The lowest BCUT2D eigenvalue weighted by molar-refractivity contribution is -0.141. The first-order chi connectivity index (χ1) is 38.7. The van der Waals surface area contributed by atoms with Crippen LogP contribution in [0.4, 0.5) is 8.78 Å². The standard InChI is InChI=1S/C58H98F2N12O11/c1-35(2)29-40(48(75)64-41(30-36(3)4)49(76)68-58(12,13)55(82)69-56(8,9)53(80)62-25-24-46(74)61-26-28-70(14)32-45(59)60)66-54(81)57(10,11)67-50(77)42(31-37(5)6)65-51(78)44(23-22-39-19-16-15-17-20-39)72(34-73)47-21-18-27-71(47)52(79)43-33-83-38(7)63-43/h33-37,39-42,44-45,47H,15-32H2,1-14H3,(H,61,74)(H,62,80)(H,64,75)(H,65,78)(H,66,81)(H,67,77)(H,68,76)(H,69,82)/t40-,41-,42-,44-,47+/m0/s1. The minimum atomic E-state index is -2.51. The summed E-state index contributed by atoms with van der Waals surface area (Å²) in [6.45, 7) is 21.5. The first kappa shape index (κ1) is 71.0. The zero-order valence-electron chi connectivity index (χ0n) is 51.7. The fourth-order valence-corrected chi connectivity index (χ4v) is 10.2. The first-order valence-electron chi connectivity index (χ1n) is 29.5. The Kier molecular flexibility index (Phi) is 28.0. The number of oxazole rings is 1. The molecule has 5 atom stereocenters. The van der Waals surface area contributed by atoms with Crippen molar-refractivity contribution >= 4 is 59.6 Å². The van der Waals surface area contributed by atoms with E-state index < -0.39 is 113 Å². The molecular formula is C58H98F2N12O11. The van der Waals surface area contributed by atoms with Crippen molar-refractivity contribution in [3.05, 3.63) is 17.8 Å². The van der Waals surface area contributed by atoms with Crippen LogP contribution < -0.4 is 42.5 Å². The van der Waals surface area contributed by atoms with Crippen molar-refractivity contribution in [2.45, 2.75) is 227 Å². The van der Waals surface area contributed by atoms with Gasteiger partial charge in [0.15, 0.2) is 11.6 Å². The summed E-state index contributed by atoms with van der Waals surface area (Å²) < 4.78 is 30.5. The molecule has 0 spiro atoms. The molecule has 0 aromatic carbocycles. The Morgan fingerprint density at radius 3 is 1.73 bits per heavy atom. The Hall–Kier alpha value is -6.27. The van der Waals surface area contributed by atoms with E-state index in [-0.39, 0.29) is 75.2 Å². The molecule has 0 radical (unpaired) electrons. The molecule has 2 fully saturated rings. The number of carbonyl (C=O) groups excluding carboxylic acids is 10. The third kappa shape index (κ3) is 23.4. The van der Waals surface area contributed by atoms with E-state index in [1.54, 1.807) is 6.92 Å². The Bertz CT molecular complexity index is 2360. The number of halogens is 2. The third-order valence-electron chi connectivity index (χ3n) is 14.9. The SMILES string of the molecule is Cc1nc(C(=O)N2CCC[C@H]2N(C=O)[C@@H](CCC2CCCCC2)C(=O)N[C@@H](CC(C)C)C(=O)NC(C)(C)C(=O)N[C@@H](CC(C)C)C(=O)N[C@@H](CC(C)C)C(=O)NC(C)(C)C(=O)NC(C)(C)C(=O)NCCC(=O)NCCN(C)CC(F)F)co1. The number of rotatable bonds is 34. The van der Waals surface area contributed by atoms with Crippen molar-refractivity contribution in [2.75, 3.05) is 39.8 Å². The topological polar surface area (TPSA) is 303 Å². The average Bonchev–Trinajstić information content (AvgIpc) is 4.17. The summed E-state index contributed by atoms with van der Waals surface area (Å²) in [6, 6.07) is -4.62. The van der Waals surface area contributed by atoms with E-state index in [9.17, 15) is 56.7 Å². The van der Waals surface area contributed by atoms with Crippen molar-refractivity contribution in [1.82, 2.24) is 62.2 Å². The minimum Gasteiger partial charge on any atom is -0.448 e. The summed E-state index contributed by atoms with van der Waals surface area (Å²) >= 11 is 0. The lowest BCUT2D eigenvalue weighted by Crippen LogP contribution is -2.65. The van der Waals surface area contributed by atoms with Crippen LogP contribution in [0.2, 0.25) is 0 Å². The number of amides is 10. The van der Waals surface area contributed by atoms with E-state index in [1.807, 2.05) is 41.5 Å². The number of carbonyl (C=O) groups is 10. The summed E-state index contributed by atoms with van der Waals surface area (Å²) in [7, 11) is 1.50. The van der Waals surface area contributed by atoms with Gasteiger partial charge in [0.2, 0.25) is 53.7 Å². The van der Waals surface area contributed by atoms with Gasteiger partial charge in [-0.05, 0) is 117 Å². The average molecular weight is 1180 g/mol. The van der Waals surface area contributed by atoms with E-state index in [0.29, 0.717) is 44.0 Å². The molecule has 0 unspecified atom stereocenters. The molecule has 1 aromatic rings. The van der Waals surface area contributed by atoms with E-state index >= 15 is 0 Å². The zero-order chi connectivity index (χ0) is 62.6. The highest BCUT2D eigenvalue weighted by Gasteiger charge is 2.43. The number of aryl methyl sites for hydroxylation is 1. The molecule has 25 heteroatoms. The second-order valence-corrected chi connectivity index (χ2v) is 25.4. The summed E-state index contributed by atoms with van der Waals surface area (Å²) in [5.74, 6) is -5.40. The molecule has 2 aliphatic rings. The number of nitrogens with one attached hydrogen (secondary N) is 8. The van der Waals surface area contributed by atoms with Gasteiger partial charge in [0.05, 0.1) is 6.54 Å². The third-order valence-corrected chi connectivity index (χ3v) is 14.9. The number of aromatic nitrogens is 1. The highest BCUT2D eigenvalue weighted by molar-refractivity contribution is 6.00. The molecule has 3 rings (SSSR count). The molecule has 1 saturated carbocycles. The number of nitrogens with zero attached hydrogens (tertiary/aromatic N) is 4. The van der Waals surface area contributed by atoms with Crippen molar-refractivity contribution in [2.24, 2.45) is 23.7 Å². The lowest BCUT2D eigenvalue weighted by atomic mass is 9.85. The van der Waals surface area contributed by atoms with Crippen LogP contribution in [0.1, 0.15) is 183 Å². The van der Waals surface area contributed by atoms with E-state index in [2.05, 4.69) is 47.5 Å². The monoisotopic (exact) mass is 1180 g/mol. The molecule has 1 aromatic heterocycles. The maximum absolute atomic E-state index is 14.7. The maximum atomic E-state index is 14.7. The van der Waals surface area contributed by atoms with Gasteiger partial charge in [0.25, 0.3) is 12.3 Å². The van der Waals surface area contributed by atoms with Crippen molar-refractivity contribution in [1.29, 1.82) is 0 Å². The molecule has 10 amide bonds. The summed E-state index contributed by atoms with van der Waals surface area (Å²) in [6.07, 6.45) is 6.07. The molecule has 23 nitrogen and oxygen atoms in total. The van der Waals surface area contributed by atoms with Gasteiger partial charge in [0, 0.05) is 39.5 Å². The smallest absolute Gasteiger partial charge is 0.277 e. The highest BCUT2D eigenvalue weighted by atomic mass is 19.3. The highest BCUT2D eigenvalue weighted by Crippen LogP contribution is 2.31. The van der Waals surface area contributed by atoms with Crippen LogP contribution in [0.3, 0.4) is 0 Å². The van der Waals surface area contributed by atoms with Crippen LogP contribution in [-0.2, 0) is 43.2 Å². The molecular weight excluding hydrogens is 1080 g/mol. The van der Waals surface area contributed by atoms with Gasteiger partial charge in [-0.25, -0.2) is 13.8 Å². The molecule has 0 bridgehead atoms. The predicted molar refractivity (Wildman–Crippen MR) is 308 cm³/mol. The van der Waals surface area contributed by atoms with Gasteiger partial charge in [-0.3, -0.25) is 52.8 Å². The van der Waals surface area contributed by atoms with Crippen molar-refractivity contribution < 1.29 is 61.1 Å². The Morgan fingerprint density at radius 1 is 0.687 bits per heavy atom.